The number of hydrogen-bond acceptors (Lipinski definition) is 3. The lowest BCUT2D eigenvalue weighted by Crippen LogP contribution is -2.22. The molecule has 1 N–H and O–H groups in total. The van der Waals surface area contributed by atoms with Crippen LogP contribution in [0.15, 0.2) is 47.4 Å². The summed E-state index contributed by atoms with van der Waals surface area (Å²) in [5.41, 5.74) is 1.41. The molecule has 0 aromatic heterocycles. The van der Waals surface area contributed by atoms with Crippen molar-refractivity contribution in [2.45, 2.75) is 11.8 Å². The Hall–Kier alpha value is -2.25. The highest BCUT2D eigenvalue weighted by molar-refractivity contribution is 7.89. The number of sulfonamides is 1. The minimum Gasteiger partial charge on any atom is -0.322 e. The first kappa shape index (κ1) is 17.1. The molecule has 5 nitrogen and oxygen atoms in total. The predicted molar refractivity (Wildman–Crippen MR) is 86.4 cm³/mol. The van der Waals surface area contributed by atoms with Crippen LogP contribution >= 0.6 is 0 Å². The maximum Gasteiger partial charge on any atom is 0.255 e. The number of anilines is 1. The second-order valence-corrected chi connectivity index (χ2v) is 7.38. The fourth-order valence-electron chi connectivity index (χ4n) is 1.95. The van der Waals surface area contributed by atoms with E-state index in [-0.39, 0.29) is 10.7 Å². The molecular formula is C16H17FN2O3S. The molecule has 2 aromatic rings. The van der Waals surface area contributed by atoms with Crippen LogP contribution in [0.1, 0.15) is 15.9 Å². The van der Waals surface area contributed by atoms with E-state index in [9.17, 15) is 17.6 Å². The molecule has 0 saturated heterocycles. The summed E-state index contributed by atoms with van der Waals surface area (Å²) in [7, 11) is -0.654. The highest BCUT2D eigenvalue weighted by atomic mass is 32.2. The van der Waals surface area contributed by atoms with Crippen LogP contribution in [0.5, 0.6) is 0 Å². The van der Waals surface area contributed by atoms with Crippen molar-refractivity contribution in [1.82, 2.24) is 4.31 Å². The Morgan fingerprint density at radius 1 is 1.09 bits per heavy atom. The first-order valence-electron chi connectivity index (χ1n) is 6.82. The van der Waals surface area contributed by atoms with E-state index < -0.39 is 15.9 Å². The SMILES string of the molecule is Cc1cc(F)ccc1NC(=O)c1ccc(S(=O)(=O)N(C)C)cc1. The molecule has 2 aromatic carbocycles. The van der Waals surface area contributed by atoms with Crippen molar-refractivity contribution in [2.24, 2.45) is 0 Å². The molecule has 0 spiro atoms. The van der Waals surface area contributed by atoms with Crippen molar-refractivity contribution in [3.63, 3.8) is 0 Å². The molecule has 0 saturated carbocycles. The molecule has 0 heterocycles. The normalized spacial score (nSPS) is 11.5. The van der Waals surface area contributed by atoms with E-state index >= 15 is 0 Å². The number of benzene rings is 2. The van der Waals surface area contributed by atoms with E-state index in [1.807, 2.05) is 0 Å². The second kappa shape index (κ2) is 6.47. The molecule has 0 aliphatic rings. The summed E-state index contributed by atoms with van der Waals surface area (Å²) in [5.74, 6) is -0.771. The maximum atomic E-state index is 13.1. The number of halogens is 1. The summed E-state index contributed by atoms with van der Waals surface area (Å²) >= 11 is 0. The van der Waals surface area contributed by atoms with E-state index in [1.54, 1.807) is 6.92 Å². The van der Waals surface area contributed by atoms with E-state index in [2.05, 4.69) is 5.32 Å². The Morgan fingerprint density at radius 2 is 1.70 bits per heavy atom. The number of nitrogens with one attached hydrogen (secondary N) is 1. The molecule has 1 amide bonds. The van der Waals surface area contributed by atoms with Crippen LogP contribution in [-0.4, -0.2) is 32.7 Å². The average Bonchev–Trinajstić information content (AvgIpc) is 2.50. The number of carbonyl (C=O) groups is 1. The topological polar surface area (TPSA) is 66.5 Å². The summed E-state index contributed by atoms with van der Waals surface area (Å²) in [5, 5.41) is 2.67. The molecular weight excluding hydrogens is 319 g/mol. The first-order valence-corrected chi connectivity index (χ1v) is 8.26. The Labute approximate surface area is 134 Å². The zero-order valence-electron chi connectivity index (χ0n) is 13.0. The van der Waals surface area contributed by atoms with E-state index in [1.165, 1.54) is 56.6 Å². The number of carbonyl (C=O) groups excluding carboxylic acids is 1. The molecule has 0 aliphatic carbocycles. The van der Waals surface area contributed by atoms with Crippen LogP contribution in [-0.2, 0) is 10.0 Å². The minimum absolute atomic E-state index is 0.108. The average molecular weight is 336 g/mol. The molecule has 0 unspecified atom stereocenters. The third-order valence-corrected chi connectivity index (χ3v) is 5.16. The van der Waals surface area contributed by atoms with E-state index in [4.69, 9.17) is 0 Å². The van der Waals surface area contributed by atoms with Crippen molar-refractivity contribution in [2.75, 3.05) is 19.4 Å². The quantitative estimate of drug-likeness (QED) is 0.933. The molecule has 0 aliphatic heterocycles. The van der Waals surface area contributed by atoms with Gasteiger partial charge in [-0.2, -0.15) is 0 Å². The van der Waals surface area contributed by atoms with Crippen LogP contribution in [0.2, 0.25) is 0 Å². The largest absolute Gasteiger partial charge is 0.322 e. The number of amides is 1. The highest BCUT2D eigenvalue weighted by Gasteiger charge is 2.17. The lowest BCUT2D eigenvalue weighted by atomic mass is 10.1. The predicted octanol–water partition coefficient (Wildman–Crippen LogP) is 2.64. The standard InChI is InChI=1S/C16H17FN2O3S/c1-11-10-13(17)6-9-15(11)18-16(20)12-4-7-14(8-5-12)23(21,22)19(2)3/h4-10H,1-3H3,(H,18,20). The fourth-order valence-corrected chi connectivity index (χ4v) is 2.85. The van der Waals surface area contributed by atoms with Gasteiger partial charge in [-0.3, -0.25) is 4.79 Å². The van der Waals surface area contributed by atoms with Crippen LogP contribution in [0.3, 0.4) is 0 Å². The monoisotopic (exact) mass is 336 g/mol. The van der Waals surface area contributed by atoms with Gasteiger partial charge in [-0.1, -0.05) is 0 Å². The summed E-state index contributed by atoms with van der Waals surface area (Å²) < 4.78 is 38.1. The van der Waals surface area contributed by atoms with Gasteiger partial charge in [0.15, 0.2) is 0 Å². The number of nitrogens with zero attached hydrogens (tertiary/aromatic N) is 1. The molecule has 23 heavy (non-hydrogen) atoms. The van der Waals surface area contributed by atoms with Crippen molar-refractivity contribution in [3.05, 3.63) is 59.4 Å². The van der Waals surface area contributed by atoms with E-state index in [0.717, 1.165) is 4.31 Å². The number of rotatable bonds is 4. The fraction of sp³-hybridized carbons (Fsp3) is 0.188. The van der Waals surface area contributed by atoms with Crippen molar-refractivity contribution in [1.29, 1.82) is 0 Å². The summed E-state index contributed by atoms with van der Waals surface area (Å²) in [4.78, 5) is 12.3. The van der Waals surface area contributed by atoms with E-state index in [0.29, 0.717) is 16.8 Å². The Balaban J connectivity index is 2.21. The molecule has 7 heteroatoms. The van der Waals surface area contributed by atoms with Crippen LogP contribution < -0.4 is 5.32 Å². The van der Waals surface area contributed by atoms with Gasteiger partial charge in [0, 0.05) is 25.3 Å². The van der Waals surface area contributed by atoms with Crippen molar-refractivity contribution in [3.8, 4) is 0 Å². The Kier molecular flexibility index (Phi) is 4.82. The van der Waals surface area contributed by atoms with Gasteiger partial charge in [-0.25, -0.2) is 17.1 Å². The molecule has 122 valence electrons. The lowest BCUT2D eigenvalue weighted by molar-refractivity contribution is 0.102. The number of hydrogen-bond donors (Lipinski definition) is 1. The molecule has 0 atom stereocenters. The maximum absolute atomic E-state index is 13.1. The van der Waals surface area contributed by atoms with Gasteiger partial charge in [0.2, 0.25) is 10.0 Å². The zero-order valence-corrected chi connectivity index (χ0v) is 13.8. The van der Waals surface area contributed by atoms with Crippen molar-refractivity contribution < 1.29 is 17.6 Å². The van der Waals surface area contributed by atoms with Crippen LogP contribution in [0.4, 0.5) is 10.1 Å². The third kappa shape index (κ3) is 3.75. The van der Waals surface area contributed by atoms with Gasteiger partial charge in [-0.05, 0) is 55.0 Å². The highest BCUT2D eigenvalue weighted by Crippen LogP contribution is 2.18. The molecule has 0 bridgehead atoms. The Morgan fingerprint density at radius 3 is 2.22 bits per heavy atom. The first-order chi connectivity index (χ1) is 10.7. The lowest BCUT2D eigenvalue weighted by Gasteiger charge is -2.12. The van der Waals surface area contributed by atoms with Gasteiger partial charge in [0.1, 0.15) is 5.82 Å². The Bertz CT molecular complexity index is 831. The van der Waals surface area contributed by atoms with Crippen LogP contribution in [0.25, 0.3) is 0 Å². The minimum atomic E-state index is -3.53. The summed E-state index contributed by atoms with van der Waals surface area (Å²) in [6.45, 7) is 1.69. The van der Waals surface area contributed by atoms with Gasteiger partial charge in [-0.15, -0.1) is 0 Å². The van der Waals surface area contributed by atoms with Crippen LogP contribution in [0, 0.1) is 12.7 Å². The van der Waals surface area contributed by atoms with Gasteiger partial charge >= 0.3 is 0 Å². The molecule has 0 radical (unpaired) electrons. The smallest absolute Gasteiger partial charge is 0.255 e. The second-order valence-electron chi connectivity index (χ2n) is 5.23. The summed E-state index contributed by atoms with van der Waals surface area (Å²) in [6, 6.07) is 9.68. The third-order valence-electron chi connectivity index (χ3n) is 3.33. The molecule has 0 fully saturated rings. The van der Waals surface area contributed by atoms with Gasteiger partial charge in [0.05, 0.1) is 4.90 Å². The van der Waals surface area contributed by atoms with Crippen molar-refractivity contribution >= 4 is 21.6 Å². The molecule has 2 rings (SSSR count). The van der Waals surface area contributed by atoms with Gasteiger partial charge < -0.3 is 5.32 Å². The van der Waals surface area contributed by atoms with Gasteiger partial charge in [0.25, 0.3) is 5.91 Å². The summed E-state index contributed by atoms with van der Waals surface area (Å²) in [6.07, 6.45) is 0. The zero-order chi connectivity index (χ0) is 17.2. The number of aryl methyl sites for hydroxylation is 1.